The van der Waals surface area contributed by atoms with Crippen LogP contribution in [0.15, 0.2) is 53.4 Å². The Kier molecular flexibility index (Phi) is 8.07. The van der Waals surface area contributed by atoms with Crippen LogP contribution < -0.4 is 0 Å². The van der Waals surface area contributed by atoms with Gasteiger partial charge in [0.25, 0.3) is 5.91 Å². The summed E-state index contributed by atoms with van der Waals surface area (Å²) in [5.74, 6) is -1.42. The number of halogens is 1. The molecule has 3 heterocycles. The highest BCUT2D eigenvalue weighted by molar-refractivity contribution is 9.10. The lowest BCUT2D eigenvalue weighted by atomic mass is 9.92. The van der Waals surface area contributed by atoms with Crippen molar-refractivity contribution in [2.24, 2.45) is 0 Å². The van der Waals surface area contributed by atoms with E-state index >= 15 is 0 Å². The van der Waals surface area contributed by atoms with Gasteiger partial charge in [-0.05, 0) is 72.3 Å². The Morgan fingerprint density at radius 2 is 1.86 bits per heavy atom. The fourth-order valence-corrected chi connectivity index (χ4v) is 5.14. The van der Waals surface area contributed by atoms with Crippen molar-refractivity contribution in [3.8, 4) is 5.69 Å². The molecular weight excluding hydrogens is 526 g/mol. The number of carbonyl (C=O) groups is 2. The summed E-state index contributed by atoms with van der Waals surface area (Å²) in [4.78, 5) is 27.5. The Balaban J connectivity index is 1.39. The largest absolute Gasteiger partial charge is 0.382 e. The van der Waals surface area contributed by atoms with Gasteiger partial charge in [-0.15, -0.1) is 0 Å². The second-order valence-corrected chi connectivity index (χ2v) is 10.5. The van der Waals surface area contributed by atoms with E-state index in [9.17, 15) is 19.8 Å². The van der Waals surface area contributed by atoms with Crippen molar-refractivity contribution in [1.82, 2.24) is 24.5 Å². The number of ketones is 1. The molecule has 4 atom stereocenters. The van der Waals surface area contributed by atoms with Crippen molar-refractivity contribution in [3.63, 3.8) is 0 Å². The number of aromatic nitrogens is 4. The smallest absolute Gasteiger partial charge is 0.255 e. The van der Waals surface area contributed by atoms with E-state index in [1.165, 1.54) is 4.90 Å². The van der Waals surface area contributed by atoms with Crippen LogP contribution >= 0.6 is 15.9 Å². The van der Waals surface area contributed by atoms with E-state index in [1.807, 2.05) is 68.2 Å². The lowest BCUT2D eigenvalue weighted by Gasteiger charge is -2.28. The van der Waals surface area contributed by atoms with Crippen LogP contribution in [0.3, 0.4) is 0 Å². The molecule has 2 N–H and O–H groups in total. The summed E-state index contributed by atoms with van der Waals surface area (Å²) >= 11 is 3.53. The van der Waals surface area contributed by atoms with Gasteiger partial charge < -0.3 is 15.1 Å². The van der Waals surface area contributed by atoms with Crippen molar-refractivity contribution in [2.45, 2.75) is 70.2 Å². The van der Waals surface area contributed by atoms with E-state index in [2.05, 4.69) is 26.1 Å². The van der Waals surface area contributed by atoms with E-state index in [0.29, 0.717) is 13.0 Å². The molecule has 0 bridgehead atoms. The summed E-state index contributed by atoms with van der Waals surface area (Å²) in [6.45, 7) is 6.34. The van der Waals surface area contributed by atoms with Crippen molar-refractivity contribution < 1.29 is 19.8 Å². The molecule has 10 heteroatoms. The van der Waals surface area contributed by atoms with E-state index in [-0.39, 0.29) is 24.4 Å². The first-order chi connectivity index (χ1) is 17.2. The van der Waals surface area contributed by atoms with Crippen molar-refractivity contribution in [3.05, 3.63) is 64.7 Å². The Labute approximate surface area is 218 Å². The molecule has 1 aliphatic rings. The van der Waals surface area contributed by atoms with E-state index < -0.39 is 23.9 Å². The molecule has 1 amide bonds. The maximum atomic E-state index is 13.1. The third-order valence-electron chi connectivity index (χ3n) is 6.71. The number of rotatable bonds is 9. The van der Waals surface area contributed by atoms with Gasteiger partial charge in [0.15, 0.2) is 11.9 Å². The zero-order valence-corrected chi connectivity index (χ0v) is 22.2. The van der Waals surface area contributed by atoms with Crippen molar-refractivity contribution in [1.29, 1.82) is 0 Å². The monoisotopic (exact) mass is 557 g/mol. The molecule has 4 rings (SSSR count). The van der Waals surface area contributed by atoms with E-state index in [0.717, 1.165) is 27.8 Å². The molecular formula is C26H32BrN5O4. The Morgan fingerprint density at radius 3 is 2.47 bits per heavy atom. The zero-order valence-electron chi connectivity index (χ0n) is 20.7. The van der Waals surface area contributed by atoms with Crippen LogP contribution in [0.5, 0.6) is 0 Å². The highest BCUT2D eigenvalue weighted by Gasteiger charge is 2.40. The van der Waals surface area contributed by atoms with Gasteiger partial charge in [0.05, 0.1) is 21.9 Å². The van der Waals surface area contributed by atoms with Crippen LogP contribution in [0.4, 0.5) is 0 Å². The van der Waals surface area contributed by atoms with Gasteiger partial charge >= 0.3 is 0 Å². The number of aliphatic hydroxyl groups excluding tert-OH is 2. The first kappa shape index (κ1) is 26.2. The van der Waals surface area contributed by atoms with Crippen LogP contribution in [0.1, 0.15) is 69.3 Å². The molecule has 0 radical (unpaired) electrons. The lowest BCUT2D eigenvalue weighted by molar-refractivity contribution is -0.153. The fourth-order valence-electron chi connectivity index (χ4n) is 4.59. The molecule has 9 nitrogen and oxygen atoms in total. The molecule has 3 aromatic rings. The van der Waals surface area contributed by atoms with Crippen molar-refractivity contribution in [2.75, 3.05) is 6.54 Å². The van der Waals surface area contributed by atoms with Crippen LogP contribution in [-0.2, 0) is 9.59 Å². The van der Waals surface area contributed by atoms with Crippen molar-refractivity contribution >= 4 is 27.6 Å². The molecule has 36 heavy (non-hydrogen) atoms. The topological polar surface area (TPSA) is 113 Å². The number of likely N-dealkylation sites (tertiary alicyclic amines) is 1. The standard InChI is InChI=1S/C26H32BrN5O4/c1-16(2)32-15-20(27)23(29-32)21-6-4-12-30(21)26(36)25(35)24(34)22(33)14-17(3)18-7-9-19(10-8-18)31-13-5-11-28-31/h5,7-11,13,15-17,21,24-25,34-35H,4,6,12,14H2,1-3H3/t17-,21+,24-,25+/m0/s1. The lowest BCUT2D eigenvalue weighted by Crippen LogP contribution is -2.47. The number of amides is 1. The Morgan fingerprint density at radius 1 is 1.14 bits per heavy atom. The molecule has 0 spiro atoms. The molecule has 1 aliphatic heterocycles. The number of Topliss-reactive ketones (excluding diaryl/α,β-unsaturated/α-hetero) is 1. The van der Waals surface area contributed by atoms with Crippen LogP contribution in [-0.4, -0.2) is 65.1 Å². The molecule has 0 unspecified atom stereocenters. The number of carbonyl (C=O) groups excluding carboxylic acids is 2. The Hall–Kier alpha value is -2.82. The Bertz CT molecular complexity index is 1190. The third-order valence-corrected chi connectivity index (χ3v) is 7.33. The number of aliphatic hydroxyl groups is 2. The summed E-state index contributed by atoms with van der Waals surface area (Å²) in [6, 6.07) is 9.31. The molecule has 1 saturated heterocycles. The predicted molar refractivity (Wildman–Crippen MR) is 138 cm³/mol. The van der Waals surface area contributed by atoms with Crippen LogP contribution in [0, 0.1) is 0 Å². The first-order valence-electron chi connectivity index (χ1n) is 12.2. The first-order valence-corrected chi connectivity index (χ1v) is 13.0. The van der Waals surface area contributed by atoms with Gasteiger partial charge in [-0.2, -0.15) is 10.2 Å². The molecule has 2 aromatic heterocycles. The minimum Gasteiger partial charge on any atom is -0.382 e. The molecule has 192 valence electrons. The van der Waals surface area contributed by atoms with Crippen LogP contribution in [0.25, 0.3) is 5.69 Å². The van der Waals surface area contributed by atoms with Gasteiger partial charge in [-0.1, -0.05) is 19.1 Å². The second kappa shape index (κ2) is 11.1. The van der Waals surface area contributed by atoms with Gasteiger partial charge in [0, 0.05) is 37.6 Å². The minimum atomic E-state index is -1.82. The summed E-state index contributed by atoms with van der Waals surface area (Å²) in [7, 11) is 0. The van der Waals surface area contributed by atoms with Gasteiger partial charge in [0.2, 0.25) is 0 Å². The summed E-state index contributed by atoms with van der Waals surface area (Å²) in [5, 5.41) is 30.1. The quantitative estimate of drug-likeness (QED) is 0.415. The zero-order chi connectivity index (χ0) is 26.0. The highest BCUT2D eigenvalue weighted by atomic mass is 79.9. The SMILES string of the molecule is CC(C)n1cc(Br)c([C@H]2CCCN2C(=O)[C@H](O)[C@@H](O)C(=O)C[C@H](C)c2ccc(-n3cccn3)cc2)n1. The summed E-state index contributed by atoms with van der Waals surface area (Å²) < 4.78 is 4.35. The highest BCUT2D eigenvalue weighted by Crippen LogP contribution is 2.36. The maximum Gasteiger partial charge on any atom is 0.255 e. The van der Waals surface area contributed by atoms with Gasteiger partial charge in [-0.25, -0.2) is 4.68 Å². The number of hydrogen-bond acceptors (Lipinski definition) is 6. The normalized spacial score (nSPS) is 18.4. The maximum absolute atomic E-state index is 13.1. The predicted octanol–water partition coefficient (Wildman–Crippen LogP) is 3.56. The average Bonchev–Trinajstić information content (AvgIpc) is 3.63. The second-order valence-electron chi connectivity index (χ2n) is 9.63. The average molecular weight is 558 g/mol. The number of nitrogens with zero attached hydrogens (tertiary/aromatic N) is 5. The van der Waals surface area contributed by atoms with Gasteiger partial charge in [0.1, 0.15) is 6.10 Å². The molecule has 1 fully saturated rings. The molecule has 0 aliphatic carbocycles. The minimum absolute atomic E-state index is 0.000391. The van der Waals surface area contributed by atoms with E-state index in [1.54, 1.807) is 10.9 Å². The van der Waals surface area contributed by atoms with Gasteiger partial charge in [-0.3, -0.25) is 14.3 Å². The van der Waals surface area contributed by atoms with E-state index in [4.69, 9.17) is 0 Å². The van der Waals surface area contributed by atoms with Crippen LogP contribution in [0.2, 0.25) is 0 Å². The number of benzene rings is 1. The molecule has 0 saturated carbocycles. The number of hydrogen-bond donors (Lipinski definition) is 2. The summed E-state index contributed by atoms with van der Waals surface area (Å²) in [6.07, 6.45) is 3.25. The summed E-state index contributed by atoms with van der Waals surface area (Å²) in [5.41, 5.74) is 2.53. The fraction of sp³-hybridized carbons (Fsp3) is 0.462. The molecule has 1 aromatic carbocycles. The third kappa shape index (κ3) is 5.45.